The van der Waals surface area contributed by atoms with Crippen molar-refractivity contribution in [3.8, 4) is 0 Å². The molecule has 2 heterocycles. The third kappa shape index (κ3) is 5.65. The second-order valence-corrected chi connectivity index (χ2v) is 9.72. The summed E-state index contributed by atoms with van der Waals surface area (Å²) in [5.41, 5.74) is 0.144. The van der Waals surface area contributed by atoms with E-state index in [-0.39, 0.29) is 10.6 Å². The summed E-state index contributed by atoms with van der Waals surface area (Å²) in [7, 11) is -3.72. The normalized spacial score (nSPS) is 21.8. The number of morpholine rings is 1. The van der Waals surface area contributed by atoms with Crippen LogP contribution in [0.3, 0.4) is 0 Å². The third-order valence-electron chi connectivity index (χ3n) is 5.49. The van der Waals surface area contributed by atoms with Gasteiger partial charge in [0.2, 0.25) is 10.0 Å². The van der Waals surface area contributed by atoms with Crippen LogP contribution in [-0.4, -0.2) is 75.0 Å². The molecule has 0 unspecified atom stereocenters. The Labute approximate surface area is 172 Å². The predicted octanol–water partition coefficient (Wildman–Crippen LogP) is 2.15. The largest absolute Gasteiger partial charge is 0.379 e. The van der Waals surface area contributed by atoms with Gasteiger partial charge in [0.15, 0.2) is 0 Å². The molecule has 0 amide bonds. The first-order valence-corrected chi connectivity index (χ1v) is 11.6. The second kappa shape index (κ2) is 9.84. The number of nitrogens with one attached hydrogen (secondary N) is 1. The number of hydrogen-bond donors (Lipinski definition) is 1. The molecule has 2 saturated heterocycles. The van der Waals surface area contributed by atoms with Gasteiger partial charge in [-0.25, -0.2) is 8.42 Å². The first-order chi connectivity index (χ1) is 13.9. The van der Waals surface area contributed by atoms with Gasteiger partial charge in [0.1, 0.15) is 5.69 Å². The summed E-state index contributed by atoms with van der Waals surface area (Å²) in [6.45, 7) is 7.70. The highest BCUT2D eigenvalue weighted by atomic mass is 32.2. The molecule has 0 bridgehead atoms. The molecule has 1 atom stereocenters. The number of nitrogens with zero attached hydrogens (tertiary/aromatic N) is 3. The molecule has 1 N–H and O–H groups in total. The van der Waals surface area contributed by atoms with Gasteiger partial charge in [-0.3, -0.25) is 15.0 Å². The predicted molar refractivity (Wildman–Crippen MR) is 111 cm³/mol. The molecule has 0 spiro atoms. The van der Waals surface area contributed by atoms with E-state index < -0.39 is 14.9 Å². The van der Waals surface area contributed by atoms with E-state index in [0.29, 0.717) is 31.2 Å². The number of ether oxygens (including phenoxy) is 1. The molecule has 10 heteroatoms. The zero-order valence-electron chi connectivity index (χ0n) is 16.9. The first-order valence-electron chi connectivity index (χ1n) is 10.2. The van der Waals surface area contributed by atoms with E-state index in [0.717, 1.165) is 52.1 Å². The van der Waals surface area contributed by atoms with Gasteiger partial charge >= 0.3 is 0 Å². The third-order valence-corrected chi connectivity index (χ3v) is 7.35. The Kier molecular flexibility index (Phi) is 7.44. The molecule has 9 nitrogen and oxygen atoms in total. The molecule has 3 rings (SSSR count). The van der Waals surface area contributed by atoms with Crippen LogP contribution in [-0.2, 0) is 14.8 Å². The van der Waals surface area contributed by atoms with Crippen molar-refractivity contribution < 1.29 is 18.1 Å². The van der Waals surface area contributed by atoms with Crippen molar-refractivity contribution >= 4 is 21.4 Å². The summed E-state index contributed by atoms with van der Waals surface area (Å²) in [5.74, 6) is 0.293. The van der Waals surface area contributed by atoms with Gasteiger partial charge in [0.25, 0.3) is 5.69 Å². The molecule has 2 fully saturated rings. The number of nitro benzene ring substituents is 1. The lowest BCUT2D eigenvalue weighted by molar-refractivity contribution is -0.384. The average Bonchev–Trinajstić information content (AvgIpc) is 2.72. The van der Waals surface area contributed by atoms with Crippen LogP contribution in [0.15, 0.2) is 23.1 Å². The fraction of sp³-hybridized carbons (Fsp3) is 0.684. The smallest absolute Gasteiger partial charge is 0.293 e. The van der Waals surface area contributed by atoms with Crippen molar-refractivity contribution in [2.45, 2.75) is 31.1 Å². The molecule has 0 aliphatic carbocycles. The van der Waals surface area contributed by atoms with Gasteiger partial charge < -0.3 is 10.1 Å². The van der Waals surface area contributed by atoms with Gasteiger partial charge in [0, 0.05) is 38.8 Å². The highest BCUT2D eigenvalue weighted by molar-refractivity contribution is 7.89. The Hall–Kier alpha value is -1.75. The first kappa shape index (κ1) is 21.9. The zero-order chi connectivity index (χ0) is 20.9. The molecule has 162 valence electrons. The number of anilines is 1. The van der Waals surface area contributed by atoms with Crippen LogP contribution in [0.2, 0.25) is 0 Å². The molecular formula is C19H30N4O5S. The minimum Gasteiger partial charge on any atom is -0.379 e. The molecule has 1 aromatic rings. The lowest BCUT2D eigenvalue weighted by Crippen LogP contribution is -2.39. The fourth-order valence-electron chi connectivity index (χ4n) is 3.84. The van der Waals surface area contributed by atoms with E-state index in [4.69, 9.17) is 4.74 Å². The van der Waals surface area contributed by atoms with Crippen molar-refractivity contribution in [3.05, 3.63) is 28.3 Å². The van der Waals surface area contributed by atoms with Crippen molar-refractivity contribution in [2.75, 3.05) is 57.8 Å². The van der Waals surface area contributed by atoms with E-state index in [9.17, 15) is 18.5 Å². The van der Waals surface area contributed by atoms with Gasteiger partial charge in [-0.2, -0.15) is 4.31 Å². The Balaban J connectivity index is 1.65. The summed E-state index contributed by atoms with van der Waals surface area (Å²) in [5, 5.41) is 14.6. The van der Waals surface area contributed by atoms with Crippen molar-refractivity contribution in [3.63, 3.8) is 0 Å². The van der Waals surface area contributed by atoms with Crippen LogP contribution >= 0.6 is 0 Å². The fourth-order valence-corrected chi connectivity index (χ4v) is 5.46. The molecule has 0 saturated carbocycles. The molecule has 0 aromatic heterocycles. The zero-order valence-corrected chi connectivity index (χ0v) is 17.7. The van der Waals surface area contributed by atoms with Crippen LogP contribution in [0.1, 0.15) is 26.2 Å². The van der Waals surface area contributed by atoms with Gasteiger partial charge in [-0.05, 0) is 43.9 Å². The summed E-state index contributed by atoms with van der Waals surface area (Å²) < 4.78 is 32.6. The summed E-state index contributed by atoms with van der Waals surface area (Å²) >= 11 is 0. The second-order valence-electron chi connectivity index (χ2n) is 7.78. The summed E-state index contributed by atoms with van der Waals surface area (Å²) in [6.07, 6.45) is 2.65. The Morgan fingerprint density at radius 3 is 2.72 bits per heavy atom. The lowest BCUT2D eigenvalue weighted by Gasteiger charge is -2.30. The number of piperidine rings is 1. The number of rotatable bonds is 8. The van der Waals surface area contributed by atoms with E-state index in [1.54, 1.807) is 0 Å². The maximum Gasteiger partial charge on any atom is 0.293 e. The molecular weight excluding hydrogens is 396 g/mol. The maximum atomic E-state index is 12.9. The monoisotopic (exact) mass is 426 g/mol. The summed E-state index contributed by atoms with van der Waals surface area (Å²) in [6, 6.07) is 4.15. The Bertz CT molecular complexity index is 811. The summed E-state index contributed by atoms with van der Waals surface area (Å²) in [4.78, 5) is 13.3. The van der Waals surface area contributed by atoms with Crippen LogP contribution in [0.5, 0.6) is 0 Å². The highest BCUT2D eigenvalue weighted by Crippen LogP contribution is 2.30. The van der Waals surface area contributed by atoms with Gasteiger partial charge in [0.05, 0.1) is 23.0 Å². The lowest BCUT2D eigenvalue weighted by atomic mass is 10.0. The maximum absolute atomic E-state index is 12.9. The number of sulfonamides is 1. The van der Waals surface area contributed by atoms with Crippen molar-refractivity contribution in [2.24, 2.45) is 5.92 Å². The van der Waals surface area contributed by atoms with Crippen LogP contribution < -0.4 is 5.32 Å². The molecule has 29 heavy (non-hydrogen) atoms. The molecule has 2 aliphatic rings. The number of nitro groups is 1. The SMILES string of the molecule is C[C@H]1CCCN(S(=O)(=O)c2ccc(NCCCN3CCOCC3)c([N+](=O)[O-])c2)C1. The van der Waals surface area contributed by atoms with Gasteiger partial charge in [-0.1, -0.05) is 6.92 Å². The van der Waals surface area contributed by atoms with Gasteiger partial charge in [-0.15, -0.1) is 0 Å². The average molecular weight is 427 g/mol. The van der Waals surface area contributed by atoms with Crippen LogP contribution in [0.25, 0.3) is 0 Å². The topological polar surface area (TPSA) is 105 Å². The van der Waals surface area contributed by atoms with Crippen LogP contribution in [0, 0.1) is 16.0 Å². The minimum absolute atomic E-state index is 0.0165. The molecule has 0 radical (unpaired) electrons. The quantitative estimate of drug-likeness (QED) is 0.386. The standard InChI is InChI=1S/C19H30N4O5S/c1-16-4-2-9-22(15-16)29(26,27)17-5-6-18(19(14-17)23(24)25)20-7-3-8-21-10-12-28-13-11-21/h5-6,14,16,20H,2-4,7-13,15H2,1H3/t16-/m0/s1. The van der Waals surface area contributed by atoms with E-state index >= 15 is 0 Å². The van der Waals surface area contributed by atoms with E-state index in [1.807, 2.05) is 6.92 Å². The number of benzene rings is 1. The van der Waals surface area contributed by atoms with Crippen molar-refractivity contribution in [1.29, 1.82) is 0 Å². The number of hydrogen-bond acceptors (Lipinski definition) is 7. The minimum atomic E-state index is -3.72. The van der Waals surface area contributed by atoms with Crippen molar-refractivity contribution in [1.82, 2.24) is 9.21 Å². The molecule has 1 aromatic carbocycles. The Morgan fingerprint density at radius 2 is 2.03 bits per heavy atom. The Morgan fingerprint density at radius 1 is 1.28 bits per heavy atom. The van der Waals surface area contributed by atoms with E-state index in [2.05, 4.69) is 10.2 Å². The highest BCUT2D eigenvalue weighted by Gasteiger charge is 2.30. The molecule has 2 aliphatic heterocycles. The van der Waals surface area contributed by atoms with E-state index in [1.165, 1.54) is 22.5 Å². The van der Waals surface area contributed by atoms with Crippen LogP contribution in [0.4, 0.5) is 11.4 Å².